The van der Waals surface area contributed by atoms with Gasteiger partial charge in [-0.2, -0.15) is 0 Å². The fourth-order valence-electron chi connectivity index (χ4n) is 1.29. The Morgan fingerprint density at radius 2 is 1.58 bits per heavy atom. The van der Waals surface area contributed by atoms with Gasteiger partial charge in [0.15, 0.2) is 0 Å². The van der Waals surface area contributed by atoms with E-state index >= 15 is 0 Å². The van der Waals surface area contributed by atoms with Gasteiger partial charge < -0.3 is 20.2 Å². The first-order valence-corrected chi connectivity index (χ1v) is 6.32. The summed E-state index contributed by atoms with van der Waals surface area (Å²) in [7, 11) is 3.87. The Morgan fingerprint density at radius 3 is 1.89 bits per heavy atom. The van der Waals surface area contributed by atoms with Crippen LogP contribution in [-0.2, 0) is 4.79 Å². The summed E-state index contributed by atoms with van der Waals surface area (Å²) in [5.74, 6) is -1.02. The molecule has 0 aromatic rings. The summed E-state index contributed by atoms with van der Waals surface area (Å²) in [5.41, 5.74) is -0.729. The predicted octanol–water partition coefficient (Wildman–Crippen LogP) is 1.22. The average Bonchev–Trinajstić information content (AvgIpc) is 2.20. The van der Waals surface area contributed by atoms with Crippen molar-refractivity contribution in [3.8, 4) is 0 Å². The maximum absolute atomic E-state index is 12.1. The molecule has 0 spiro atoms. The number of carbonyl (C=O) groups is 2. The minimum Gasteiger partial charge on any atom is -0.480 e. The molecule has 0 rings (SSSR count). The zero-order valence-electron chi connectivity index (χ0n) is 13.1. The molecule has 0 saturated heterocycles. The Kier molecular flexibility index (Phi) is 5.81. The Balaban J connectivity index is 4.72. The number of nitrogens with zero attached hydrogens (tertiary/aromatic N) is 2. The Hall–Kier alpha value is -1.30. The van der Waals surface area contributed by atoms with Gasteiger partial charge in [0.2, 0.25) is 0 Å². The van der Waals surface area contributed by atoms with Crippen LogP contribution in [0.15, 0.2) is 0 Å². The molecular weight excluding hydrogens is 246 g/mol. The van der Waals surface area contributed by atoms with Gasteiger partial charge in [-0.1, -0.05) is 0 Å². The quantitative estimate of drug-likeness (QED) is 0.790. The molecule has 0 radical (unpaired) electrons. The van der Waals surface area contributed by atoms with Crippen LogP contribution in [0.5, 0.6) is 0 Å². The van der Waals surface area contributed by atoms with Crippen molar-refractivity contribution in [2.75, 3.05) is 27.2 Å². The van der Waals surface area contributed by atoms with E-state index in [1.54, 1.807) is 0 Å². The molecule has 0 aliphatic heterocycles. The van der Waals surface area contributed by atoms with Gasteiger partial charge in [0.25, 0.3) is 0 Å². The first-order valence-electron chi connectivity index (χ1n) is 6.32. The lowest BCUT2D eigenvalue weighted by molar-refractivity contribution is -0.138. The minimum atomic E-state index is -1.02. The zero-order valence-corrected chi connectivity index (χ0v) is 13.1. The van der Waals surface area contributed by atoms with Crippen LogP contribution < -0.4 is 5.32 Å². The van der Waals surface area contributed by atoms with Gasteiger partial charge >= 0.3 is 12.0 Å². The van der Waals surface area contributed by atoms with E-state index in [2.05, 4.69) is 5.32 Å². The van der Waals surface area contributed by atoms with Crippen LogP contribution in [0, 0.1) is 0 Å². The number of rotatable bonds is 5. The molecule has 6 nitrogen and oxygen atoms in total. The summed E-state index contributed by atoms with van der Waals surface area (Å²) in [6.07, 6.45) is 0. The highest BCUT2D eigenvalue weighted by Crippen LogP contribution is 2.14. The van der Waals surface area contributed by atoms with Gasteiger partial charge in [-0.3, -0.25) is 4.79 Å². The standard InChI is InChI=1S/C13H27N3O3/c1-12(2,3)16(8-10(17)18)11(19)14-9-13(4,5)15(6)7/h8-9H2,1-7H3,(H,14,19)(H,17,18). The van der Waals surface area contributed by atoms with Crippen molar-refractivity contribution in [1.82, 2.24) is 15.1 Å². The van der Waals surface area contributed by atoms with Crippen molar-refractivity contribution in [3.05, 3.63) is 0 Å². The lowest BCUT2D eigenvalue weighted by Crippen LogP contribution is -2.56. The van der Waals surface area contributed by atoms with Crippen LogP contribution in [0.2, 0.25) is 0 Å². The molecule has 6 heteroatoms. The van der Waals surface area contributed by atoms with Gasteiger partial charge in [-0.25, -0.2) is 4.79 Å². The summed E-state index contributed by atoms with van der Waals surface area (Å²) in [4.78, 5) is 26.3. The molecule has 2 amide bonds. The second-order valence-electron chi connectivity index (χ2n) is 6.52. The van der Waals surface area contributed by atoms with Crippen molar-refractivity contribution in [3.63, 3.8) is 0 Å². The number of carboxylic acids is 1. The Morgan fingerprint density at radius 1 is 1.11 bits per heavy atom. The molecule has 0 heterocycles. The molecule has 2 N–H and O–H groups in total. The van der Waals surface area contributed by atoms with Gasteiger partial charge in [0, 0.05) is 17.6 Å². The largest absolute Gasteiger partial charge is 0.480 e. The van der Waals surface area contributed by atoms with Gasteiger partial charge in [-0.05, 0) is 48.7 Å². The molecular formula is C13H27N3O3. The molecule has 0 bridgehead atoms. The van der Waals surface area contributed by atoms with E-state index in [1.807, 2.05) is 53.6 Å². The molecule has 0 atom stereocenters. The molecule has 0 aliphatic carbocycles. The molecule has 0 saturated carbocycles. The van der Waals surface area contributed by atoms with Crippen LogP contribution >= 0.6 is 0 Å². The maximum atomic E-state index is 12.1. The summed E-state index contributed by atoms with van der Waals surface area (Å²) in [6.45, 7) is 9.59. The van der Waals surface area contributed by atoms with Crippen molar-refractivity contribution in [1.29, 1.82) is 0 Å². The number of likely N-dealkylation sites (N-methyl/N-ethyl adjacent to an activating group) is 1. The highest BCUT2D eigenvalue weighted by Gasteiger charge is 2.30. The van der Waals surface area contributed by atoms with Crippen LogP contribution in [-0.4, -0.2) is 65.2 Å². The third-order valence-electron chi connectivity index (χ3n) is 3.23. The summed E-state index contributed by atoms with van der Waals surface area (Å²) >= 11 is 0. The van der Waals surface area contributed by atoms with Gasteiger partial charge in [0.05, 0.1) is 0 Å². The highest BCUT2D eigenvalue weighted by molar-refractivity contribution is 5.80. The number of amides is 2. The van der Waals surface area contributed by atoms with Crippen molar-refractivity contribution >= 4 is 12.0 Å². The smallest absolute Gasteiger partial charge is 0.323 e. The number of carbonyl (C=O) groups excluding carboxylic acids is 1. The Bertz CT molecular complexity index is 333. The van der Waals surface area contributed by atoms with Gasteiger partial charge in [-0.15, -0.1) is 0 Å². The van der Waals surface area contributed by atoms with Crippen LogP contribution in [0.1, 0.15) is 34.6 Å². The van der Waals surface area contributed by atoms with Crippen molar-refractivity contribution in [2.45, 2.75) is 45.7 Å². The third kappa shape index (κ3) is 5.92. The molecule has 0 aliphatic rings. The SMILES string of the molecule is CN(C)C(C)(C)CNC(=O)N(CC(=O)O)C(C)(C)C. The summed E-state index contributed by atoms with van der Waals surface area (Å²) < 4.78 is 0. The van der Waals surface area contributed by atoms with E-state index in [0.717, 1.165) is 0 Å². The lowest BCUT2D eigenvalue weighted by Gasteiger charge is -2.37. The monoisotopic (exact) mass is 273 g/mol. The number of aliphatic carboxylic acids is 1. The second kappa shape index (κ2) is 6.23. The molecule has 0 unspecified atom stereocenters. The number of nitrogens with one attached hydrogen (secondary N) is 1. The van der Waals surface area contributed by atoms with E-state index in [1.165, 1.54) is 4.90 Å². The highest BCUT2D eigenvalue weighted by atomic mass is 16.4. The van der Waals surface area contributed by atoms with E-state index in [-0.39, 0.29) is 18.1 Å². The summed E-state index contributed by atoms with van der Waals surface area (Å²) in [6, 6.07) is -0.357. The predicted molar refractivity (Wildman–Crippen MR) is 75.3 cm³/mol. The topological polar surface area (TPSA) is 72.9 Å². The number of hydrogen-bond donors (Lipinski definition) is 2. The Labute approximate surface area is 115 Å². The lowest BCUT2D eigenvalue weighted by atomic mass is 10.0. The van der Waals surface area contributed by atoms with Gasteiger partial charge in [0.1, 0.15) is 6.54 Å². The van der Waals surface area contributed by atoms with E-state index in [4.69, 9.17) is 5.11 Å². The first-order chi connectivity index (χ1) is 8.38. The molecule has 19 heavy (non-hydrogen) atoms. The number of carboxylic acid groups (broad SMARTS) is 1. The molecule has 112 valence electrons. The fraction of sp³-hybridized carbons (Fsp3) is 0.846. The van der Waals surface area contributed by atoms with E-state index < -0.39 is 11.5 Å². The number of urea groups is 1. The first kappa shape index (κ1) is 17.7. The maximum Gasteiger partial charge on any atom is 0.323 e. The molecule has 0 aromatic carbocycles. The zero-order chi connectivity index (χ0) is 15.4. The van der Waals surface area contributed by atoms with Crippen LogP contribution in [0.4, 0.5) is 4.79 Å². The van der Waals surface area contributed by atoms with E-state index in [0.29, 0.717) is 6.54 Å². The van der Waals surface area contributed by atoms with Crippen LogP contribution in [0.3, 0.4) is 0 Å². The molecule has 0 fully saturated rings. The average molecular weight is 273 g/mol. The van der Waals surface area contributed by atoms with Crippen molar-refractivity contribution < 1.29 is 14.7 Å². The third-order valence-corrected chi connectivity index (χ3v) is 3.23. The normalized spacial score (nSPS) is 12.4. The van der Waals surface area contributed by atoms with Crippen molar-refractivity contribution in [2.24, 2.45) is 0 Å². The fourth-order valence-corrected chi connectivity index (χ4v) is 1.29. The summed E-state index contributed by atoms with van der Waals surface area (Å²) in [5, 5.41) is 11.7. The van der Waals surface area contributed by atoms with E-state index in [9.17, 15) is 9.59 Å². The number of hydrogen-bond acceptors (Lipinski definition) is 3. The second-order valence-corrected chi connectivity index (χ2v) is 6.52. The minimum absolute atomic E-state index is 0.192. The van der Waals surface area contributed by atoms with Crippen LogP contribution in [0.25, 0.3) is 0 Å². The molecule has 0 aromatic heterocycles.